The quantitative estimate of drug-likeness (QED) is 0.382. The zero-order valence-corrected chi connectivity index (χ0v) is 19.3. The highest BCUT2D eigenvalue weighted by Gasteiger charge is 2.36. The minimum atomic E-state index is -0.633. The SMILES string of the molecule is CC[C@H](C)OC(=O)CN1C(=O)S/C(=C/c2ccc(OCc3ccccc3F)c(OC)c2)C1=O. The van der Waals surface area contributed by atoms with Crippen molar-refractivity contribution < 1.29 is 33.0 Å². The van der Waals surface area contributed by atoms with Crippen molar-refractivity contribution in [1.29, 1.82) is 0 Å². The Morgan fingerprint density at radius 1 is 1.18 bits per heavy atom. The molecule has 1 aliphatic heterocycles. The molecule has 1 aliphatic rings. The van der Waals surface area contributed by atoms with Crippen LogP contribution in [0.4, 0.5) is 9.18 Å². The molecule has 2 aromatic carbocycles. The van der Waals surface area contributed by atoms with Gasteiger partial charge < -0.3 is 14.2 Å². The Balaban J connectivity index is 1.71. The molecule has 7 nitrogen and oxygen atoms in total. The fourth-order valence-electron chi connectivity index (χ4n) is 2.93. The highest BCUT2D eigenvalue weighted by atomic mass is 32.2. The summed E-state index contributed by atoms with van der Waals surface area (Å²) in [5.74, 6) is -0.775. The molecule has 3 rings (SSSR count). The number of hydrogen-bond acceptors (Lipinski definition) is 7. The largest absolute Gasteiger partial charge is 0.493 e. The van der Waals surface area contributed by atoms with E-state index in [2.05, 4.69) is 0 Å². The number of hydrogen-bond donors (Lipinski definition) is 0. The molecule has 174 valence electrons. The Kier molecular flexibility index (Phi) is 8.11. The normalized spacial score (nSPS) is 15.6. The molecule has 1 fully saturated rings. The number of rotatable bonds is 9. The lowest BCUT2D eigenvalue weighted by molar-refractivity contribution is -0.150. The van der Waals surface area contributed by atoms with Crippen LogP contribution < -0.4 is 9.47 Å². The molecule has 0 N–H and O–H groups in total. The first-order valence-corrected chi connectivity index (χ1v) is 11.1. The number of imide groups is 1. The summed E-state index contributed by atoms with van der Waals surface area (Å²) in [6.07, 6.45) is 1.88. The number of halogens is 1. The van der Waals surface area contributed by atoms with Gasteiger partial charge in [0, 0.05) is 5.56 Å². The van der Waals surface area contributed by atoms with Crippen LogP contribution in [0.3, 0.4) is 0 Å². The number of esters is 1. The van der Waals surface area contributed by atoms with Crippen LogP contribution in [0.15, 0.2) is 47.4 Å². The fraction of sp³-hybridized carbons (Fsp3) is 0.292. The molecule has 33 heavy (non-hydrogen) atoms. The lowest BCUT2D eigenvalue weighted by Gasteiger charge is -2.14. The third kappa shape index (κ3) is 6.13. The van der Waals surface area contributed by atoms with Crippen molar-refractivity contribution in [2.75, 3.05) is 13.7 Å². The van der Waals surface area contributed by atoms with Crippen molar-refractivity contribution in [1.82, 2.24) is 4.90 Å². The number of methoxy groups -OCH3 is 1. The number of ether oxygens (including phenoxy) is 3. The Morgan fingerprint density at radius 3 is 2.64 bits per heavy atom. The summed E-state index contributed by atoms with van der Waals surface area (Å²) in [6.45, 7) is 3.20. The number of nitrogens with zero attached hydrogens (tertiary/aromatic N) is 1. The van der Waals surface area contributed by atoms with Gasteiger partial charge in [0.05, 0.1) is 18.1 Å². The van der Waals surface area contributed by atoms with Gasteiger partial charge in [-0.3, -0.25) is 19.3 Å². The minimum Gasteiger partial charge on any atom is -0.493 e. The van der Waals surface area contributed by atoms with Crippen LogP contribution in [0.25, 0.3) is 6.08 Å². The Labute approximate surface area is 195 Å². The van der Waals surface area contributed by atoms with E-state index in [1.54, 1.807) is 43.3 Å². The molecular formula is C24H24FNO6S. The maximum Gasteiger partial charge on any atom is 0.326 e. The topological polar surface area (TPSA) is 82.1 Å². The first kappa shape index (κ1) is 24.3. The Bertz CT molecular complexity index is 1090. The van der Waals surface area contributed by atoms with E-state index in [1.165, 1.54) is 19.3 Å². The van der Waals surface area contributed by atoms with E-state index in [0.29, 0.717) is 29.0 Å². The van der Waals surface area contributed by atoms with Gasteiger partial charge in [-0.25, -0.2) is 4.39 Å². The van der Waals surface area contributed by atoms with Gasteiger partial charge in [-0.15, -0.1) is 0 Å². The van der Waals surface area contributed by atoms with Crippen LogP contribution in [0, 0.1) is 5.82 Å². The molecule has 0 radical (unpaired) electrons. The number of carbonyl (C=O) groups is 3. The van der Waals surface area contributed by atoms with Gasteiger partial charge in [0.1, 0.15) is 19.0 Å². The van der Waals surface area contributed by atoms with Crippen LogP contribution in [0.1, 0.15) is 31.4 Å². The van der Waals surface area contributed by atoms with E-state index in [1.807, 2.05) is 6.92 Å². The molecule has 0 unspecified atom stereocenters. The fourth-order valence-corrected chi connectivity index (χ4v) is 3.76. The van der Waals surface area contributed by atoms with Gasteiger partial charge in [0.15, 0.2) is 11.5 Å². The van der Waals surface area contributed by atoms with E-state index in [4.69, 9.17) is 14.2 Å². The van der Waals surface area contributed by atoms with Crippen LogP contribution >= 0.6 is 11.8 Å². The average molecular weight is 474 g/mol. The Morgan fingerprint density at radius 2 is 1.94 bits per heavy atom. The molecule has 0 aliphatic carbocycles. The maximum absolute atomic E-state index is 13.8. The number of amides is 2. The average Bonchev–Trinajstić information content (AvgIpc) is 3.06. The van der Waals surface area contributed by atoms with Crippen LogP contribution in [0.2, 0.25) is 0 Å². The highest BCUT2D eigenvalue weighted by Crippen LogP contribution is 2.34. The lowest BCUT2D eigenvalue weighted by atomic mass is 10.1. The van der Waals surface area contributed by atoms with Crippen molar-refractivity contribution in [2.45, 2.75) is 33.0 Å². The molecule has 0 saturated carbocycles. The molecular weight excluding hydrogens is 449 g/mol. The van der Waals surface area contributed by atoms with Crippen molar-refractivity contribution >= 4 is 35.0 Å². The number of carbonyl (C=O) groups excluding carboxylic acids is 3. The molecule has 0 spiro atoms. The first-order chi connectivity index (χ1) is 15.8. The summed E-state index contributed by atoms with van der Waals surface area (Å²) in [7, 11) is 1.46. The van der Waals surface area contributed by atoms with Gasteiger partial charge in [-0.2, -0.15) is 0 Å². The number of benzene rings is 2. The highest BCUT2D eigenvalue weighted by molar-refractivity contribution is 8.18. The molecule has 1 saturated heterocycles. The molecule has 1 atom stereocenters. The summed E-state index contributed by atoms with van der Waals surface area (Å²) in [6, 6.07) is 11.3. The van der Waals surface area contributed by atoms with E-state index in [0.717, 1.165) is 16.7 Å². The zero-order valence-electron chi connectivity index (χ0n) is 18.5. The predicted molar refractivity (Wildman–Crippen MR) is 122 cm³/mol. The van der Waals surface area contributed by atoms with E-state index >= 15 is 0 Å². The standard InChI is InChI=1S/C24H24FNO6S/c1-4-15(2)32-22(27)13-26-23(28)21(33-24(26)29)12-16-9-10-19(20(11-16)30-3)31-14-17-7-5-6-8-18(17)25/h5-12,15H,4,13-14H2,1-3H3/b21-12+/t15-/m0/s1. The van der Waals surface area contributed by atoms with Crippen molar-refractivity contribution in [3.05, 3.63) is 64.3 Å². The molecule has 2 amide bonds. The smallest absolute Gasteiger partial charge is 0.326 e. The Hall–Kier alpha value is -3.33. The second-order valence-corrected chi connectivity index (χ2v) is 8.26. The third-order valence-corrected chi connectivity index (χ3v) is 5.80. The zero-order chi connectivity index (χ0) is 24.0. The van der Waals surface area contributed by atoms with Crippen LogP contribution in [-0.4, -0.2) is 41.8 Å². The summed E-state index contributed by atoms with van der Waals surface area (Å²) in [5.41, 5.74) is 1.00. The van der Waals surface area contributed by atoms with Crippen LogP contribution in [0.5, 0.6) is 11.5 Å². The van der Waals surface area contributed by atoms with E-state index in [9.17, 15) is 18.8 Å². The molecule has 9 heteroatoms. The van der Waals surface area contributed by atoms with Crippen molar-refractivity contribution in [3.63, 3.8) is 0 Å². The van der Waals surface area contributed by atoms with Gasteiger partial charge in [-0.05, 0) is 54.9 Å². The second kappa shape index (κ2) is 11.0. The van der Waals surface area contributed by atoms with Gasteiger partial charge in [0.25, 0.3) is 11.1 Å². The molecule has 0 aromatic heterocycles. The summed E-state index contributed by atoms with van der Waals surface area (Å²) < 4.78 is 30.0. The minimum absolute atomic E-state index is 0.0218. The maximum atomic E-state index is 13.8. The monoisotopic (exact) mass is 473 g/mol. The van der Waals surface area contributed by atoms with Gasteiger partial charge in [-0.1, -0.05) is 31.2 Å². The van der Waals surface area contributed by atoms with Gasteiger partial charge in [0.2, 0.25) is 0 Å². The van der Waals surface area contributed by atoms with Crippen molar-refractivity contribution in [2.24, 2.45) is 0 Å². The first-order valence-electron chi connectivity index (χ1n) is 10.3. The molecule has 0 bridgehead atoms. The summed E-state index contributed by atoms with van der Waals surface area (Å²) in [5, 5.41) is -0.538. The molecule has 1 heterocycles. The molecule has 2 aromatic rings. The van der Waals surface area contributed by atoms with E-state index in [-0.39, 0.29) is 23.4 Å². The second-order valence-electron chi connectivity index (χ2n) is 7.27. The summed E-state index contributed by atoms with van der Waals surface area (Å²) in [4.78, 5) is 37.9. The van der Waals surface area contributed by atoms with Crippen molar-refractivity contribution in [3.8, 4) is 11.5 Å². The van der Waals surface area contributed by atoms with Crippen LogP contribution in [-0.2, 0) is 20.9 Å². The lowest BCUT2D eigenvalue weighted by Crippen LogP contribution is -2.35. The summed E-state index contributed by atoms with van der Waals surface area (Å²) >= 11 is 0.747. The predicted octanol–water partition coefficient (Wildman–Crippen LogP) is 4.79. The number of thioether (sulfide) groups is 1. The van der Waals surface area contributed by atoms with Gasteiger partial charge >= 0.3 is 5.97 Å². The third-order valence-electron chi connectivity index (χ3n) is 4.89. The van der Waals surface area contributed by atoms with E-state index < -0.39 is 23.7 Å².